The summed E-state index contributed by atoms with van der Waals surface area (Å²) < 4.78 is 5.95. The van der Waals surface area contributed by atoms with E-state index in [0.717, 1.165) is 30.9 Å². The van der Waals surface area contributed by atoms with E-state index in [-0.39, 0.29) is 5.78 Å². The van der Waals surface area contributed by atoms with Crippen molar-refractivity contribution in [3.8, 4) is 0 Å². The molecule has 0 aromatic carbocycles. The molecular formula is C11H13ClO2S. The summed E-state index contributed by atoms with van der Waals surface area (Å²) in [5.74, 6) is 0.714. The van der Waals surface area contributed by atoms with E-state index in [1.165, 1.54) is 11.3 Å². The van der Waals surface area contributed by atoms with Gasteiger partial charge in [-0.1, -0.05) is 11.6 Å². The van der Waals surface area contributed by atoms with Gasteiger partial charge in [-0.25, -0.2) is 0 Å². The quantitative estimate of drug-likeness (QED) is 0.762. The Balaban J connectivity index is 1.91. The van der Waals surface area contributed by atoms with Gasteiger partial charge < -0.3 is 4.74 Å². The van der Waals surface area contributed by atoms with Crippen molar-refractivity contribution in [2.24, 2.45) is 5.92 Å². The average molecular weight is 245 g/mol. The summed E-state index contributed by atoms with van der Waals surface area (Å²) in [6.07, 6.45) is 2.65. The molecule has 0 unspecified atom stereocenters. The molecule has 0 atom stereocenters. The number of carbonyl (C=O) groups excluding carboxylic acids is 1. The minimum absolute atomic E-state index is 0.221. The van der Waals surface area contributed by atoms with E-state index in [0.29, 0.717) is 16.7 Å². The molecule has 2 rings (SSSR count). The molecule has 2 heterocycles. The molecule has 1 fully saturated rings. The van der Waals surface area contributed by atoms with Crippen molar-refractivity contribution >= 4 is 28.7 Å². The molecular weight excluding hydrogens is 232 g/mol. The van der Waals surface area contributed by atoms with Gasteiger partial charge in [0.05, 0.1) is 9.21 Å². The monoisotopic (exact) mass is 244 g/mol. The van der Waals surface area contributed by atoms with Crippen LogP contribution in [0.25, 0.3) is 0 Å². The van der Waals surface area contributed by atoms with Crippen LogP contribution in [0.4, 0.5) is 0 Å². The number of hydrogen-bond donors (Lipinski definition) is 0. The van der Waals surface area contributed by atoms with Gasteiger partial charge in [-0.2, -0.15) is 0 Å². The fourth-order valence-electron chi connectivity index (χ4n) is 1.78. The Morgan fingerprint density at radius 1 is 1.47 bits per heavy atom. The van der Waals surface area contributed by atoms with Crippen molar-refractivity contribution in [2.45, 2.75) is 19.3 Å². The first-order valence-corrected chi connectivity index (χ1v) is 6.31. The Morgan fingerprint density at radius 3 is 2.80 bits per heavy atom. The van der Waals surface area contributed by atoms with E-state index < -0.39 is 0 Å². The fraction of sp³-hybridized carbons (Fsp3) is 0.545. The summed E-state index contributed by atoms with van der Waals surface area (Å²) in [5.41, 5.74) is 0. The van der Waals surface area contributed by atoms with Crippen LogP contribution in [0.2, 0.25) is 4.34 Å². The van der Waals surface area contributed by atoms with E-state index in [1.54, 1.807) is 6.07 Å². The summed E-state index contributed by atoms with van der Waals surface area (Å²) in [6.45, 7) is 1.59. The predicted molar refractivity (Wildman–Crippen MR) is 61.8 cm³/mol. The second kappa shape index (κ2) is 5.10. The van der Waals surface area contributed by atoms with Crippen LogP contribution in [-0.2, 0) is 4.74 Å². The molecule has 15 heavy (non-hydrogen) atoms. The lowest BCUT2D eigenvalue weighted by Gasteiger charge is -2.20. The minimum Gasteiger partial charge on any atom is -0.381 e. The Morgan fingerprint density at radius 2 is 2.20 bits per heavy atom. The smallest absolute Gasteiger partial charge is 0.173 e. The highest BCUT2D eigenvalue weighted by Crippen LogP contribution is 2.26. The normalized spacial score (nSPS) is 17.9. The maximum atomic E-state index is 11.8. The number of ether oxygens (including phenoxy) is 1. The Kier molecular flexibility index (Phi) is 3.78. The highest BCUT2D eigenvalue weighted by Gasteiger charge is 2.19. The molecule has 1 aromatic heterocycles. The van der Waals surface area contributed by atoms with Crippen LogP contribution >= 0.6 is 22.9 Å². The minimum atomic E-state index is 0.221. The molecule has 0 spiro atoms. The van der Waals surface area contributed by atoms with Crippen molar-refractivity contribution in [1.82, 2.24) is 0 Å². The van der Waals surface area contributed by atoms with Gasteiger partial charge >= 0.3 is 0 Å². The van der Waals surface area contributed by atoms with Crippen LogP contribution in [0.3, 0.4) is 0 Å². The second-order valence-electron chi connectivity index (χ2n) is 3.79. The summed E-state index contributed by atoms with van der Waals surface area (Å²) in [6, 6.07) is 3.60. The van der Waals surface area contributed by atoms with Crippen LogP contribution in [0.1, 0.15) is 28.9 Å². The summed E-state index contributed by atoms with van der Waals surface area (Å²) >= 11 is 7.16. The van der Waals surface area contributed by atoms with Crippen LogP contribution in [0.5, 0.6) is 0 Å². The standard InChI is InChI=1S/C11H13ClO2S/c12-11-2-1-10(15-11)9(13)7-8-3-5-14-6-4-8/h1-2,8H,3-7H2. The maximum Gasteiger partial charge on any atom is 0.173 e. The van der Waals surface area contributed by atoms with Crippen molar-refractivity contribution in [3.63, 3.8) is 0 Å². The zero-order chi connectivity index (χ0) is 10.7. The predicted octanol–water partition coefficient (Wildman–Crippen LogP) is 3.40. The van der Waals surface area contributed by atoms with Crippen molar-refractivity contribution < 1.29 is 9.53 Å². The number of Topliss-reactive ketones (excluding diaryl/α,β-unsaturated/α-hetero) is 1. The molecule has 0 saturated carbocycles. The molecule has 0 radical (unpaired) electrons. The van der Waals surface area contributed by atoms with Gasteiger partial charge in [0.2, 0.25) is 0 Å². The van der Waals surface area contributed by atoms with E-state index >= 15 is 0 Å². The highest BCUT2D eigenvalue weighted by molar-refractivity contribution is 7.18. The van der Waals surface area contributed by atoms with Gasteiger partial charge in [0.15, 0.2) is 5.78 Å². The Bertz CT molecular complexity index is 342. The van der Waals surface area contributed by atoms with Crippen molar-refractivity contribution in [2.75, 3.05) is 13.2 Å². The number of ketones is 1. The zero-order valence-electron chi connectivity index (χ0n) is 8.37. The number of carbonyl (C=O) groups is 1. The Labute approximate surface area is 98.2 Å². The molecule has 4 heteroatoms. The zero-order valence-corrected chi connectivity index (χ0v) is 9.94. The van der Waals surface area contributed by atoms with Gasteiger partial charge in [-0.15, -0.1) is 11.3 Å². The number of rotatable bonds is 3. The number of thiophene rings is 1. The van der Waals surface area contributed by atoms with Gasteiger partial charge in [0, 0.05) is 19.6 Å². The van der Waals surface area contributed by atoms with Crippen molar-refractivity contribution in [1.29, 1.82) is 0 Å². The SMILES string of the molecule is O=C(CC1CCOCC1)c1ccc(Cl)s1. The first-order valence-electron chi connectivity index (χ1n) is 5.12. The van der Waals surface area contributed by atoms with Crippen LogP contribution in [0, 0.1) is 5.92 Å². The summed E-state index contributed by atoms with van der Waals surface area (Å²) in [4.78, 5) is 12.6. The lowest BCUT2D eigenvalue weighted by molar-refractivity contribution is 0.0602. The first kappa shape index (κ1) is 11.1. The van der Waals surface area contributed by atoms with E-state index in [2.05, 4.69) is 0 Å². The van der Waals surface area contributed by atoms with Crippen LogP contribution in [0.15, 0.2) is 12.1 Å². The Hall–Kier alpha value is -0.380. The molecule has 2 nitrogen and oxygen atoms in total. The highest BCUT2D eigenvalue weighted by atomic mass is 35.5. The van der Waals surface area contributed by atoms with Crippen LogP contribution in [-0.4, -0.2) is 19.0 Å². The van der Waals surface area contributed by atoms with Gasteiger partial charge in [0.25, 0.3) is 0 Å². The van der Waals surface area contributed by atoms with Gasteiger partial charge in [-0.3, -0.25) is 4.79 Å². The fourth-order valence-corrected chi connectivity index (χ4v) is 2.77. The maximum absolute atomic E-state index is 11.8. The molecule has 1 aliphatic rings. The number of hydrogen-bond acceptors (Lipinski definition) is 3. The molecule has 1 aliphatic heterocycles. The molecule has 1 aromatic rings. The third-order valence-electron chi connectivity index (χ3n) is 2.66. The lowest BCUT2D eigenvalue weighted by Crippen LogP contribution is -2.18. The van der Waals surface area contributed by atoms with E-state index in [9.17, 15) is 4.79 Å². The third-order valence-corrected chi connectivity index (χ3v) is 3.94. The topological polar surface area (TPSA) is 26.3 Å². The third kappa shape index (κ3) is 3.03. The van der Waals surface area contributed by atoms with Gasteiger partial charge in [-0.05, 0) is 30.9 Å². The van der Waals surface area contributed by atoms with Crippen molar-refractivity contribution in [3.05, 3.63) is 21.3 Å². The van der Waals surface area contributed by atoms with Gasteiger partial charge in [0.1, 0.15) is 0 Å². The molecule has 1 saturated heterocycles. The van der Waals surface area contributed by atoms with E-state index in [4.69, 9.17) is 16.3 Å². The van der Waals surface area contributed by atoms with Crippen LogP contribution < -0.4 is 0 Å². The summed E-state index contributed by atoms with van der Waals surface area (Å²) in [5, 5.41) is 0. The molecule has 0 amide bonds. The largest absolute Gasteiger partial charge is 0.381 e. The first-order chi connectivity index (χ1) is 7.25. The number of halogens is 1. The molecule has 0 bridgehead atoms. The summed E-state index contributed by atoms with van der Waals surface area (Å²) in [7, 11) is 0. The molecule has 0 N–H and O–H groups in total. The average Bonchev–Trinajstić information content (AvgIpc) is 2.66. The van der Waals surface area contributed by atoms with E-state index in [1.807, 2.05) is 6.07 Å². The molecule has 0 aliphatic carbocycles. The molecule has 82 valence electrons. The second-order valence-corrected chi connectivity index (χ2v) is 5.50. The lowest BCUT2D eigenvalue weighted by atomic mass is 9.94.